The number of anilines is 1. The number of benzene rings is 2. The number of ether oxygens (including phenoxy) is 2. The van der Waals surface area contributed by atoms with E-state index in [0.29, 0.717) is 32.8 Å². The minimum Gasteiger partial charge on any atom is -0.507 e. The van der Waals surface area contributed by atoms with Crippen molar-refractivity contribution in [2.24, 2.45) is 0 Å². The maximum atomic E-state index is 13.3. The maximum absolute atomic E-state index is 13.3. The molecule has 1 saturated heterocycles. The van der Waals surface area contributed by atoms with Gasteiger partial charge in [-0.3, -0.25) is 14.5 Å². The summed E-state index contributed by atoms with van der Waals surface area (Å²) >= 11 is 7.28. The molecule has 1 atom stereocenters. The fourth-order valence-electron chi connectivity index (χ4n) is 3.77. The zero-order valence-corrected chi connectivity index (χ0v) is 20.0. The Kier molecular flexibility index (Phi) is 6.14. The van der Waals surface area contributed by atoms with Crippen LogP contribution in [0, 0.1) is 13.8 Å². The molecule has 0 bridgehead atoms. The number of para-hydroxylation sites is 1. The van der Waals surface area contributed by atoms with Crippen LogP contribution in [0.4, 0.5) is 5.13 Å². The maximum Gasteiger partial charge on any atom is 0.301 e. The third-order valence-corrected chi connectivity index (χ3v) is 6.84. The van der Waals surface area contributed by atoms with E-state index in [2.05, 4.69) is 4.98 Å². The standard InChI is InChI=1S/C24H21ClN2O5S/c1-12-13(2)33-24(26-12)27-19(16-6-5-7-17(31-3)22(16)32-4)18(21(29)23(27)30)20(28)14-8-10-15(25)11-9-14/h5-11,19,28H,1-4H3. The number of hydrogen-bond acceptors (Lipinski definition) is 7. The number of aryl methyl sites for hydroxylation is 2. The number of rotatable bonds is 5. The molecular formula is C24H21ClN2O5S. The van der Waals surface area contributed by atoms with Crippen LogP contribution in [0.3, 0.4) is 0 Å². The highest BCUT2D eigenvalue weighted by atomic mass is 35.5. The molecule has 1 fully saturated rings. The average molecular weight is 485 g/mol. The van der Waals surface area contributed by atoms with Crippen molar-refractivity contribution in [2.45, 2.75) is 19.9 Å². The Morgan fingerprint density at radius 3 is 2.36 bits per heavy atom. The van der Waals surface area contributed by atoms with Gasteiger partial charge in [-0.15, -0.1) is 11.3 Å². The normalized spacial score (nSPS) is 17.5. The number of methoxy groups -OCH3 is 2. The lowest BCUT2D eigenvalue weighted by Gasteiger charge is -2.25. The van der Waals surface area contributed by atoms with Crippen molar-refractivity contribution < 1.29 is 24.2 Å². The van der Waals surface area contributed by atoms with E-state index >= 15 is 0 Å². The summed E-state index contributed by atoms with van der Waals surface area (Å²) in [7, 11) is 2.98. The van der Waals surface area contributed by atoms with Gasteiger partial charge < -0.3 is 14.6 Å². The molecule has 1 aromatic heterocycles. The average Bonchev–Trinajstić information content (AvgIpc) is 3.28. The molecule has 4 rings (SSSR count). The SMILES string of the molecule is COc1cccc(C2C(=C(O)c3ccc(Cl)cc3)C(=O)C(=O)N2c2nc(C)c(C)s2)c1OC. The number of aliphatic hydroxyl groups excluding tert-OH is 1. The molecule has 0 spiro atoms. The number of carbonyl (C=O) groups is 2. The van der Waals surface area contributed by atoms with E-state index in [1.165, 1.54) is 30.5 Å². The van der Waals surface area contributed by atoms with Gasteiger partial charge in [0.15, 0.2) is 16.6 Å². The number of thiazole rings is 1. The summed E-state index contributed by atoms with van der Waals surface area (Å²) in [5, 5.41) is 12.0. The van der Waals surface area contributed by atoms with Crippen LogP contribution in [0.5, 0.6) is 11.5 Å². The van der Waals surface area contributed by atoms with E-state index in [0.717, 1.165) is 10.6 Å². The molecule has 7 nitrogen and oxygen atoms in total. The highest BCUT2D eigenvalue weighted by Gasteiger charge is 2.49. The van der Waals surface area contributed by atoms with Crippen LogP contribution in [-0.4, -0.2) is 36.0 Å². The second-order valence-electron chi connectivity index (χ2n) is 7.40. The largest absolute Gasteiger partial charge is 0.507 e. The molecule has 170 valence electrons. The lowest BCUT2D eigenvalue weighted by molar-refractivity contribution is -0.132. The first-order valence-corrected chi connectivity index (χ1v) is 11.2. The Morgan fingerprint density at radius 2 is 1.79 bits per heavy atom. The van der Waals surface area contributed by atoms with Crippen LogP contribution >= 0.6 is 22.9 Å². The Hall–Kier alpha value is -3.36. The molecular weight excluding hydrogens is 464 g/mol. The number of aliphatic hydroxyl groups is 1. The monoisotopic (exact) mass is 484 g/mol. The molecule has 1 aliphatic heterocycles. The lowest BCUT2D eigenvalue weighted by Crippen LogP contribution is -2.29. The highest BCUT2D eigenvalue weighted by molar-refractivity contribution is 7.16. The molecule has 0 saturated carbocycles. The van der Waals surface area contributed by atoms with Crippen molar-refractivity contribution in [3.63, 3.8) is 0 Å². The molecule has 33 heavy (non-hydrogen) atoms. The summed E-state index contributed by atoms with van der Waals surface area (Å²) in [5.41, 5.74) is 1.53. The molecule has 1 unspecified atom stereocenters. The first-order chi connectivity index (χ1) is 15.8. The third kappa shape index (κ3) is 3.85. The van der Waals surface area contributed by atoms with Crippen LogP contribution in [0.25, 0.3) is 5.76 Å². The van der Waals surface area contributed by atoms with Gasteiger partial charge in [0.25, 0.3) is 5.78 Å². The van der Waals surface area contributed by atoms with Crippen molar-refractivity contribution in [1.82, 2.24) is 4.98 Å². The number of ketones is 1. The lowest BCUT2D eigenvalue weighted by atomic mass is 9.94. The summed E-state index contributed by atoms with van der Waals surface area (Å²) in [6, 6.07) is 10.6. The molecule has 3 aromatic rings. The van der Waals surface area contributed by atoms with Gasteiger partial charge in [-0.25, -0.2) is 4.98 Å². The number of carbonyl (C=O) groups excluding carboxylic acids is 2. The quantitative estimate of drug-likeness (QED) is 0.309. The van der Waals surface area contributed by atoms with Gasteiger partial charge in [0.1, 0.15) is 11.8 Å². The molecule has 1 amide bonds. The molecule has 0 aliphatic carbocycles. The van der Waals surface area contributed by atoms with Gasteiger partial charge in [-0.05, 0) is 44.2 Å². The predicted octanol–water partition coefficient (Wildman–Crippen LogP) is 5.06. The highest BCUT2D eigenvalue weighted by Crippen LogP contribution is 2.48. The number of aromatic nitrogens is 1. The van der Waals surface area contributed by atoms with E-state index in [-0.39, 0.29) is 11.3 Å². The fourth-order valence-corrected chi connectivity index (χ4v) is 4.84. The van der Waals surface area contributed by atoms with Crippen LogP contribution in [-0.2, 0) is 9.59 Å². The first-order valence-electron chi connectivity index (χ1n) is 10.00. The minimum absolute atomic E-state index is 0.0700. The second kappa shape index (κ2) is 8.88. The van der Waals surface area contributed by atoms with E-state index in [9.17, 15) is 14.7 Å². The van der Waals surface area contributed by atoms with Crippen LogP contribution in [0.2, 0.25) is 5.02 Å². The van der Waals surface area contributed by atoms with E-state index < -0.39 is 17.7 Å². The molecule has 2 heterocycles. The van der Waals surface area contributed by atoms with Crippen molar-refractivity contribution >= 4 is 45.5 Å². The smallest absolute Gasteiger partial charge is 0.301 e. The van der Waals surface area contributed by atoms with Gasteiger partial charge in [0, 0.05) is 21.0 Å². The Bertz CT molecular complexity index is 1260. The van der Waals surface area contributed by atoms with Gasteiger partial charge in [0.2, 0.25) is 0 Å². The number of hydrogen-bond donors (Lipinski definition) is 1. The topological polar surface area (TPSA) is 89.0 Å². The Morgan fingerprint density at radius 1 is 1.09 bits per heavy atom. The summed E-state index contributed by atoms with van der Waals surface area (Å²) < 4.78 is 11.0. The first kappa shape index (κ1) is 22.8. The van der Waals surface area contributed by atoms with Gasteiger partial charge >= 0.3 is 5.91 Å². The van der Waals surface area contributed by atoms with Gasteiger partial charge in [-0.2, -0.15) is 0 Å². The number of halogens is 1. The minimum atomic E-state index is -0.976. The molecule has 1 aliphatic rings. The number of amides is 1. The Balaban J connectivity index is 2.02. The number of Topliss-reactive ketones (excluding diaryl/α,β-unsaturated/α-hetero) is 1. The van der Waals surface area contributed by atoms with Crippen LogP contribution in [0.15, 0.2) is 48.0 Å². The van der Waals surface area contributed by atoms with Gasteiger partial charge in [0.05, 0.1) is 25.5 Å². The summed E-state index contributed by atoms with van der Waals surface area (Å²) in [6.45, 7) is 3.72. The van der Waals surface area contributed by atoms with E-state index in [4.69, 9.17) is 21.1 Å². The summed E-state index contributed by atoms with van der Waals surface area (Å²) in [5.74, 6) is -1.13. The fraction of sp³-hybridized carbons (Fsp3) is 0.208. The van der Waals surface area contributed by atoms with E-state index in [1.807, 2.05) is 13.8 Å². The summed E-state index contributed by atoms with van der Waals surface area (Å²) in [4.78, 5) is 33.3. The van der Waals surface area contributed by atoms with Gasteiger partial charge in [-0.1, -0.05) is 23.7 Å². The molecule has 0 radical (unpaired) electrons. The van der Waals surface area contributed by atoms with Crippen molar-refractivity contribution in [3.05, 3.63) is 74.8 Å². The molecule has 1 N–H and O–H groups in total. The Labute approximate surface area is 199 Å². The van der Waals surface area contributed by atoms with Crippen LogP contribution < -0.4 is 14.4 Å². The van der Waals surface area contributed by atoms with Crippen molar-refractivity contribution in [3.8, 4) is 11.5 Å². The van der Waals surface area contributed by atoms with Crippen molar-refractivity contribution in [1.29, 1.82) is 0 Å². The van der Waals surface area contributed by atoms with Crippen molar-refractivity contribution in [2.75, 3.05) is 19.1 Å². The zero-order chi connectivity index (χ0) is 23.9. The predicted molar refractivity (Wildman–Crippen MR) is 127 cm³/mol. The zero-order valence-electron chi connectivity index (χ0n) is 18.4. The molecule has 2 aromatic carbocycles. The van der Waals surface area contributed by atoms with E-state index in [1.54, 1.807) is 42.5 Å². The third-order valence-electron chi connectivity index (χ3n) is 5.51. The van der Waals surface area contributed by atoms with Crippen LogP contribution in [0.1, 0.15) is 27.7 Å². The second-order valence-corrected chi connectivity index (χ2v) is 9.01. The summed E-state index contributed by atoms with van der Waals surface area (Å²) in [6.07, 6.45) is 0. The molecule has 9 heteroatoms. The number of nitrogens with zero attached hydrogens (tertiary/aromatic N) is 2.